The van der Waals surface area contributed by atoms with Crippen molar-refractivity contribution in [3.05, 3.63) is 0 Å². The number of hydrogen-bond acceptors (Lipinski definition) is 3. The van der Waals surface area contributed by atoms with E-state index >= 15 is 0 Å². The van der Waals surface area contributed by atoms with Gasteiger partial charge in [0, 0.05) is 6.42 Å². The summed E-state index contributed by atoms with van der Waals surface area (Å²) in [6.45, 7) is 2.09. The summed E-state index contributed by atoms with van der Waals surface area (Å²) in [4.78, 5) is 20.8. The minimum absolute atomic E-state index is 0.262. The molecule has 4 heteroatoms. The summed E-state index contributed by atoms with van der Waals surface area (Å²) in [6.07, 6.45) is 3.55. The third-order valence-corrected chi connectivity index (χ3v) is 2.05. The number of carboxylic acids is 1. The normalized spacial score (nSPS) is 12.4. The first-order chi connectivity index (χ1) is 6.57. The Morgan fingerprint density at radius 2 is 1.86 bits per heavy atom. The monoisotopic (exact) mass is 202 g/mol. The summed E-state index contributed by atoms with van der Waals surface area (Å²) in [7, 11) is 0. The number of unbranched alkanes of at least 4 members (excludes halogenated alkanes) is 3. The van der Waals surface area contributed by atoms with Crippen molar-refractivity contribution in [3.8, 4) is 0 Å². The number of hydrogen-bond donors (Lipinski definition) is 2. The summed E-state index contributed by atoms with van der Waals surface area (Å²) in [5.74, 6) is -2.37. The van der Waals surface area contributed by atoms with E-state index < -0.39 is 17.9 Å². The van der Waals surface area contributed by atoms with Gasteiger partial charge in [-0.1, -0.05) is 32.6 Å². The maximum atomic E-state index is 10.7. The van der Waals surface area contributed by atoms with Crippen LogP contribution < -0.4 is 0 Å². The van der Waals surface area contributed by atoms with Crippen molar-refractivity contribution in [2.75, 3.05) is 0 Å². The molecule has 0 aromatic heterocycles. The fourth-order valence-corrected chi connectivity index (χ4v) is 1.21. The smallest absolute Gasteiger partial charge is 0.372 e. The lowest BCUT2D eigenvalue weighted by molar-refractivity contribution is -0.150. The highest BCUT2D eigenvalue weighted by Gasteiger charge is 2.16. The average Bonchev–Trinajstić information content (AvgIpc) is 2.12. The highest BCUT2D eigenvalue weighted by Crippen LogP contribution is 2.08. The summed E-state index contributed by atoms with van der Waals surface area (Å²) >= 11 is 0. The van der Waals surface area contributed by atoms with Crippen molar-refractivity contribution < 1.29 is 19.8 Å². The van der Waals surface area contributed by atoms with E-state index in [0.717, 1.165) is 25.7 Å². The first-order valence-corrected chi connectivity index (χ1v) is 5.02. The Kier molecular flexibility index (Phi) is 7.02. The lowest BCUT2D eigenvalue weighted by Crippen LogP contribution is -2.20. The highest BCUT2D eigenvalue weighted by atomic mass is 16.4. The second-order valence-electron chi connectivity index (χ2n) is 3.44. The van der Waals surface area contributed by atoms with E-state index in [-0.39, 0.29) is 6.42 Å². The Hall–Kier alpha value is -0.900. The van der Waals surface area contributed by atoms with Crippen LogP contribution in [-0.4, -0.2) is 28.1 Å². The third-order valence-electron chi connectivity index (χ3n) is 2.05. The van der Waals surface area contributed by atoms with Gasteiger partial charge in [-0.3, -0.25) is 4.79 Å². The molecular formula is C10H18O4. The van der Waals surface area contributed by atoms with Crippen molar-refractivity contribution in [2.24, 2.45) is 0 Å². The van der Waals surface area contributed by atoms with Crippen LogP contribution in [0.1, 0.15) is 45.4 Å². The zero-order chi connectivity index (χ0) is 11.0. The molecule has 14 heavy (non-hydrogen) atoms. The van der Waals surface area contributed by atoms with Gasteiger partial charge in [-0.05, 0) is 6.42 Å². The zero-order valence-electron chi connectivity index (χ0n) is 8.53. The van der Waals surface area contributed by atoms with Gasteiger partial charge >= 0.3 is 5.97 Å². The van der Waals surface area contributed by atoms with Gasteiger partial charge < -0.3 is 10.2 Å². The number of carbonyl (C=O) groups is 2. The second-order valence-corrected chi connectivity index (χ2v) is 3.44. The van der Waals surface area contributed by atoms with Crippen molar-refractivity contribution in [1.29, 1.82) is 0 Å². The van der Waals surface area contributed by atoms with Crippen LogP contribution in [0.2, 0.25) is 0 Å². The quantitative estimate of drug-likeness (QED) is 0.460. The predicted molar refractivity (Wildman–Crippen MR) is 52.0 cm³/mol. The van der Waals surface area contributed by atoms with Gasteiger partial charge in [0.25, 0.3) is 0 Å². The van der Waals surface area contributed by atoms with Crippen molar-refractivity contribution in [3.63, 3.8) is 0 Å². The lowest BCUT2D eigenvalue weighted by Gasteiger charge is -2.07. The summed E-state index contributed by atoms with van der Waals surface area (Å²) in [5.41, 5.74) is 0. The van der Waals surface area contributed by atoms with Crippen LogP contribution in [0.4, 0.5) is 0 Å². The Morgan fingerprint density at radius 1 is 1.21 bits per heavy atom. The lowest BCUT2D eigenvalue weighted by atomic mass is 10.1. The van der Waals surface area contributed by atoms with Gasteiger partial charge in [0.2, 0.25) is 5.78 Å². The van der Waals surface area contributed by atoms with E-state index in [1.807, 2.05) is 0 Å². The van der Waals surface area contributed by atoms with Crippen LogP contribution >= 0.6 is 0 Å². The van der Waals surface area contributed by atoms with Crippen LogP contribution in [0, 0.1) is 0 Å². The zero-order valence-corrected chi connectivity index (χ0v) is 8.53. The molecule has 0 saturated carbocycles. The van der Waals surface area contributed by atoms with Gasteiger partial charge in [0.05, 0.1) is 6.10 Å². The molecule has 2 N–H and O–H groups in total. The minimum Gasteiger partial charge on any atom is -0.475 e. The highest BCUT2D eigenvalue weighted by molar-refractivity contribution is 6.32. The maximum Gasteiger partial charge on any atom is 0.372 e. The number of ketones is 1. The molecule has 1 unspecified atom stereocenters. The molecular weight excluding hydrogens is 184 g/mol. The Bertz CT molecular complexity index is 189. The van der Waals surface area contributed by atoms with Gasteiger partial charge in [-0.25, -0.2) is 4.79 Å². The first kappa shape index (κ1) is 13.1. The van der Waals surface area contributed by atoms with Crippen LogP contribution in [0.25, 0.3) is 0 Å². The predicted octanol–water partition coefficient (Wildman–Crippen LogP) is 1.36. The van der Waals surface area contributed by atoms with E-state index in [1.165, 1.54) is 0 Å². The fraction of sp³-hybridized carbons (Fsp3) is 0.800. The van der Waals surface area contributed by atoms with Gasteiger partial charge in [-0.15, -0.1) is 0 Å². The molecule has 0 heterocycles. The van der Waals surface area contributed by atoms with E-state index in [9.17, 15) is 14.7 Å². The molecule has 82 valence electrons. The van der Waals surface area contributed by atoms with E-state index in [4.69, 9.17) is 5.11 Å². The number of rotatable bonds is 8. The van der Waals surface area contributed by atoms with Crippen molar-refractivity contribution in [2.45, 2.75) is 51.6 Å². The minimum atomic E-state index is -1.46. The second kappa shape index (κ2) is 7.50. The molecule has 0 radical (unpaired) electrons. The van der Waals surface area contributed by atoms with E-state index in [0.29, 0.717) is 6.42 Å². The third kappa shape index (κ3) is 6.60. The summed E-state index contributed by atoms with van der Waals surface area (Å²) in [6, 6.07) is 0. The molecule has 0 saturated heterocycles. The van der Waals surface area contributed by atoms with Crippen LogP contribution in [0.3, 0.4) is 0 Å². The summed E-state index contributed by atoms with van der Waals surface area (Å²) < 4.78 is 0. The molecule has 0 aliphatic rings. The van der Waals surface area contributed by atoms with Crippen LogP contribution in [0.15, 0.2) is 0 Å². The first-order valence-electron chi connectivity index (χ1n) is 5.02. The molecule has 0 aromatic carbocycles. The van der Waals surface area contributed by atoms with Crippen molar-refractivity contribution >= 4 is 11.8 Å². The molecule has 0 aliphatic heterocycles. The molecule has 0 aliphatic carbocycles. The molecule has 4 nitrogen and oxygen atoms in total. The standard InChI is InChI=1S/C10H18O4/c1-2-3-4-5-6-8(11)7-9(12)10(13)14/h8,11H,2-7H2,1H3,(H,13,14). The molecule has 0 aromatic rings. The number of Topliss-reactive ketones (excluding diaryl/α,β-unsaturated/α-hetero) is 1. The largest absolute Gasteiger partial charge is 0.475 e. The summed E-state index contributed by atoms with van der Waals surface area (Å²) in [5, 5.41) is 17.6. The number of aliphatic carboxylic acids is 1. The fourth-order valence-electron chi connectivity index (χ4n) is 1.21. The molecule has 0 fully saturated rings. The molecule has 1 atom stereocenters. The Morgan fingerprint density at radius 3 is 2.36 bits per heavy atom. The molecule has 0 spiro atoms. The Balaban J connectivity index is 3.50. The van der Waals surface area contributed by atoms with Crippen molar-refractivity contribution in [1.82, 2.24) is 0 Å². The molecule has 0 rings (SSSR count). The number of aliphatic hydroxyl groups excluding tert-OH is 1. The Labute approximate surface area is 83.9 Å². The van der Waals surface area contributed by atoms with Gasteiger partial charge in [-0.2, -0.15) is 0 Å². The van der Waals surface area contributed by atoms with Crippen LogP contribution in [-0.2, 0) is 9.59 Å². The van der Waals surface area contributed by atoms with E-state index in [2.05, 4.69) is 6.92 Å². The van der Waals surface area contributed by atoms with Gasteiger partial charge in [0.1, 0.15) is 0 Å². The molecule has 0 amide bonds. The molecule has 0 bridgehead atoms. The van der Waals surface area contributed by atoms with E-state index in [1.54, 1.807) is 0 Å². The SMILES string of the molecule is CCCCCCC(O)CC(=O)C(=O)O. The average molecular weight is 202 g/mol. The van der Waals surface area contributed by atoms with Gasteiger partial charge in [0.15, 0.2) is 0 Å². The number of carbonyl (C=O) groups excluding carboxylic acids is 1. The topological polar surface area (TPSA) is 74.6 Å². The maximum absolute atomic E-state index is 10.7. The number of carboxylic acid groups (broad SMARTS) is 1. The van der Waals surface area contributed by atoms with Crippen LogP contribution in [0.5, 0.6) is 0 Å². The number of aliphatic hydroxyl groups is 1.